The lowest BCUT2D eigenvalue weighted by atomic mass is 10.1. The third-order valence-electron chi connectivity index (χ3n) is 3.69. The van der Waals surface area contributed by atoms with E-state index in [0.717, 1.165) is 21.8 Å². The second-order valence-corrected chi connectivity index (χ2v) is 6.45. The van der Waals surface area contributed by atoms with Gasteiger partial charge in [-0.25, -0.2) is 4.98 Å². The quantitative estimate of drug-likeness (QED) is 0.539. The minimum absolute atomic E-state index is 0.00977. The molecular formula is C20H17F2NO2S. The van der Waals surface area contributed by atoms with E-state index in [1.165, 1.54) is 30.1 Å². The molecule has 0 spiro atoms. The molecule has 134 valence electrons. The van der Waals surface area contributed by atoms with Crippen LogP contribution in [0, 0.1) is 6.92 Å². The van der Waals surface area contributed by atoms with E-state index < -0.39 is 6.61 Å². The van der Waals surface area contributed by atoms with Gasteiger partial charge in [0.15, 0.2) is 11.5 Å². The summed E-state index contributed by atoms with van der Waals surface area (Å²) in [5.74, 6) is 0.266. The number of aryl methyl sites for hydroxylation is 1. The maximum Gasteiger partial charge on any atom is 0.387 e. The van der Waals surface area contributed by atoms with Crippen molar-refractivity contribution in [1.82, 2.24) is 4.98 Å². The molecule has 3 aromatic rings. The van der Waals surface area contributed by atoms with Crippen LogP contribution in [0.4, 0.5) is 8.78 Å². The highest BCUT2D eigenvalue weighted by Gasteiger charge is 2.10. The normalized spacial score (nSPS) is 11.3. The lowest BCUT2D eigenvalue weighted by Gasteiger charge is -2.10. The highest BCUT2D eigenvalue weighted by molar-refractivity contribution is 7.10. The zero-order valence-corrected chi connectivity index (χ0v) is 15.1. The molecule has 0 aliphatic carbocycles. The van der Waals surface area contributed by atoms with Crippen LogP contribution in [-0.4, -0.2) is 18.7 Å². The van der Waals surface area contributed by atoms with Crippen LogP contribution in [0.1, 0.15) is 16.1 Å². The molecule has 0 amide bonds. The zero-order valence-electron chi connectivity index (χ0n) is 14.3. The Bertz CT molecular complexity index is 904. The Morgan fingerprint density at radius 3 is 2.50 bits per heavy atom. The lowest BCUT2D eigenvalue weighted by molar-refractivity contribution is -0.0512. The number of alkyl halides is 2. The van der Waals surface area contributed by atoms with Gasteiger partial charge in [-0.2, -0.15) is 8.78 Å². The zero-order chi connectivity index (χ0) is 18.5. The van der Waals surface area contributed by atoms with Crippen LogP contribution < -0.4 is 9.47 Å². The Morgan fingerprint density at radius 2 is 1.81 bits per heavy atom. The summed E-state index contributed by atoms with van der Waals surface area (Å²) in [4.78, 5) is 4.60. The first kappa shape index (κ1) is 18.1. The number of nitrogens with zero attached hydrogens (tertiary/aromatic N) is 1. The van der Waals surface area contributed by atoms with E-state index in [9.17, 15) is 8.78 Å². The molecule has 0 saturated heterocycles. The summed E-state index contributed by atoms with van der Waals surface area (Å²) in [5.41, 5.74) is 4.00. The fourth-order valence-corrected chi connectivity index (χ4v) is 3.09. The Kier molecular flexibility index (Phi) is 5.63. The molecule has 3 rings (SSSR count). The van der Waals surface area contributed by atoms with Crippen LogP contribution in [0.3, 0.4) is 0 Å². The molecule has 0 fully saturated rings. The van der Waals surface area contributed by atoms with Gasteiger partial charge in [0.05, 0.1) is 12.8 Å². The molecule has 0 unspecified atom stereocenters. The van der Waals surface area contributed by atoms with Gasteiger partial charge in [-0.15, -0.1) is 11.3 Å². The summed E-state index contributed by atoms with van der Waals surface area (Å²) in [6.07, 6.45) is 3.73. The van der Waals surface area contributed by atoms with Crippen LogP contribution in [0.2, 0.25) is 0 Å². The largest absolute Gasteiger partial charge is 0.493 e. The first-order chi connectivity index (χ1) is 12.5. The van der Waals surface area contributed by atoms with Crippen molar-refractivity contribution >= 4 is 23.5 Å². The van der Waals surface area contributed by atoms with Crippen molar-refractivity contribution in [2.45, 2.75) is 13.5 Å². The van der Waals surface area contributed by atoms with Gasteiger partial charge < -0.3 is 9.47 Å². The van der Waals surface area contributed by atoms with Gasteiger partial charge in [-0.05, 0) is 30.7 Å². The number of rotatable bonds is 6. The van der Waals surface area contributed by atoms with Crippen LogP contribution in [0.5, 0.6) is 11.5 Å². The van der Waals surface area contributed by atoms with Crippen molar-refractivity contribution in [2.75, 3.05) is 7.11 Å². The molecular weight excluding hydrogens is 356 g/mol. The van der Waals surface area contributed by atoms with Gasteiger partial charge in [0.1, 0.15) is 5.01 Å². The molecule has 0 radical (unpaired) electrons. The molecule has 0 aliphatic heterocycles. The minimum Gasteiger partial charge on any atom is -0.493 e. The fraction of sp³-hybridized carbons (Fsp3) is 0.150. The van der Waals surface area contributed by atoms with E-state index >= 15 is 0 Å². The third kappa shape index (κ3) is 4.46. The van der Waals surface area contributed by atoms with Gasteiger partial charge in [-0.3, -0.25) is 0 Å². The SMILES string of the molecule is COc1cc(C=Cc2nc(-c3ccc(C)cc3)cs2)ccc1OC(F)F. The number of aromatic nitrogens is 1. The maximum atomic E-state index is 12.4. The van der Waals surface area contributed by atoms with Crippen LogP contribution in [0.15, 0.2) is 47.8 Å². The smallest absolute Gasteiger partial charge is 0.387 e. The summed E-state index contributed by atoms with van der Waals surface area (Å²) in [6, 6.07) is 13.0. The Hall–Kier alpha value is -2.73. The Balaban J connectivity index is 1.76. The number of methoxy groups -OCH3 is 1. The van der Waals surface area contributed by atoms with Gasteiger partial charge in [-0.1, -0.05) is 42.0 Å². The van der Waals surface area contributed by atoms with Crippen molar-refractivity contribution in [3.8, 4) is 22.8 Å². The van der Waals surface area contributed by atoms with E-state index in [-0.39, 0.29) is 11.5 Å². The van der Waals surface area contributed by atoms with Crippen LogP contribution in [0.25, 0.3) is 23.4 Å². The molecule has 2 aromatic carbocycles. The molecule has 26 heavy (non-hydrogen) atoms. The number of hydrogen-bond donors (Lipinski definition) is 0. The lowest BCUT2D eigenvalue weighted by Crippen LogP contribution is -2.03. The van der Waals surface area contributed by atoms with Crippen molar-refractivity contribution in [3.63, 3.8) is 0 Å². The topological polar surface area (TPSA) is 31.4 Å². The summed E-state index contributed by atoms with van der Waals surface area (Å²) >= 11 is 1.54. The first-order valence-corrected chi connectivity index (χ1v) is 8.76. The third-order valence-corrected chi connectivity index (χ3v) is 4.50. The van der Waals surface area contributed by atoms with Crippen LogP contribution >= 0.6 is 11.3 Å². The van der Waals surface area contributed by atoms with Crippen LogP contribution in [-0.2, 0) is 0 Å². The van der Waals surface area contributed by atoms with Gasteiger partial charge >= 0.3 is 6.61 Å². The molecule has 1 heterocycles. The number of benzene rings is 2. The van der Waals surface area contributed by atoms with E-state index in [2.05, 4.69) is 21.9 Å². The molecule has 0 saturated carbocycles. The average Bonchev–Trinajstić information content (AvgIpc) is 3.10. The molecule has 3 nitrogen and oxygen atoms in total. The first-order valence-electron chi connectivity index (χ1n) is 7.88. The Morgan fingerprint density at radius 1 is 1.04 bits per heavy atom. The summed E-state index contributed by atoms with van der Waals surface area (Å²) in [7, 11) is 1.41. The summed E-state index contributed by atoms with van der Waals surface area (Å²) in [6.45, 7) is -0.842. The molecule has 0 N–H and O–H groups in total. The van der Waals surface area contributed by atoms with Crippen molar-refractivity contribution in [2.24, 2.45) is 0 Å². The number of hydrogen-bond acceptors (Lipinski definition) is 4. The van der Waals surface area contributed by atoms with Crippen molar-refractivity contribution in [1.29, 1.82) is 0 Å². The summed E-state index contributed by atoms with van der Waals surface area (Å²) < 4.78 is 34.3. The second-order valence-electron chi connectivity index (χ2n) is 5.56. The highest BCUT2D eigenvalue weighted by atomic mass is 32.1. The van der Waals surface area contributed by atoms with E-state index in [1.54, 1.807) is 12.1 Å². The van der Waals surface area contributed by atoms with E-state index in [1.807, 2.05) is 36.6 Å². The number of ether oxygens (including phenoxy) is 2. The number of halogens is 2. The second kappa shape index (κ2) is 8.10. The maximum absolute atomic E-state index is 12.4. The molecule has 0 atom stereocenters. The average molecular weight is 373 g/mol. The fourth-order valence-electron chi connectivity index (χ4n) is 2.37. The van der Waals surface area contributed by atoms with Gasteiger partial charge in [0.2, 0.25) is 0 Å². The molecule has 6 heteroatoms. The highest BCUT2D eigenvalue weighted by Crippen LogP contribution is 2.30. The Labute approximate surface area is 154 Å². The summed E-state index contributed by atoms with van der Waals surface area (Å²) in [5, 5.41) is 2.86. The van der Waals surface area contributed by atoms with Crippen molar-refractivity contribution in [3.05, 3.63) is 64.0 Å². The van der Waals surface area contributed by atoms with E-state index in [4.69, 9.17) is 4.74 Å². The monoisotopic (exact) mass is 373 g/mol. The van der Waals surface area contributed by atoms with Gasteiger partial charge in [0.25, 0.3) is 0 Å². The predicted molar refractivity (Wildman–Crippen MR) is 101 cm³/mol. The van der Waals surface area contributed by atoms with Gasteiger partial charge in [0, 0.05) is 10.9 Å². The van der Waals surface area contributed by atoms with Crippen molar-refractivity contribution < 1.29 is 18.3 Å². The minimum atomic E-state index is -2.89. The van der Waals surface area contributed by atoms with E-state index in [0.29, 0.717) is 0 Å². The number of thiazole rings is 1. The standard InChI is InChI=1S/C20H17F2NO2S/c1-13-3-7-15(8-4-13)16-12-26-19(23-16)10-6-14-5-9-17(25-20(21)22)18(11-14)24-2/h3-12,20H,1-2H3. The molecule has 0 aliphatic rings. The predicted octanol–water partition coefficient (Wildman–Crippen LogP) is 5.90. The molecule has 0 bridgehead atoms. The molecule has 1 aromatic heterocycles.